The van der Waals surface area contributed by atoms with Crippen LogP contribution in [0.3, 0.4) is 0 Å². The molecule has 3 aromatic rings. The lowest BCUT2D eigenvalue weighted by Crippen LogP contribution is -2.40. The van der Waals surface area contributed by atoms with Gasteiger partial charge in [0.1, 0.15) is 17.3 Å². The minimum absolute atomic E-state index is 0.0360. The number of hydrogen-bond donors (Lipinski definition) is 0. The van der Waals surface area contributed by atoms with Crippen molar-refractivity contribution in [2.45, 2.75) is 24.3 Å². The van der Waals surface area contributed by atoms with Crippen molar-refractivity contribution >= 4 is 15.9 Å². The molecule has 3 heterocycles. The first-order chi connectivity index (χ1) is 15.9. The van der Waals surface area contributed by atoms with Crippen LogP contribution in [0.25, 0.3) is 0 Å². The van der Waals surface area contributed by atoms with E-state index in [1.165, 1.54) is 10.5 Å². The van der Waals surface area contributed by atoms with Crippen LogP contribution in [0.5, 0.6) is 11.5 Å². The summed E-state index contributed by atoms with van der Waals surface area (Å²) in [6, 6.07) is 15.2. The van der Waals surface area contributed by atoms with Crippen LogP contribution < -0.4 is 4.74 Å². The highest BCUT2D eigenvalue weighted by Gasteiger charge is 2.37. The van der Waals surface area contributed by atoms with E-state index in [9.17, 15) is 13.2 Å². The standard InChI is InChI=1S/C24H26N4O4S/c1-17-25-22(16-26(17)2)33(30,31)28-13-7-12-27(14-15-28)24(29)23-18-8-3-5-10-20(18)32-21-11-6-4-9-19(21)23/h3-6,8-11,16,23H,7,12-15H2,1-2H3. The molecule has 0 spiro atoms. The van der Waals surface area contributed by atoms with Gasteiger partial charge in [-0.2, -0.15) is 4.31 Å². The summed E-state index contributed by atoms with van der Waals surface area (Å²) in [6.07, 6.45) is 2.09. The third kappa shape index (κ3) is 3.81. The fourth-order valence-corrected chi connectivity index (χ4v) is 5.99. The zero-order valence-corrected chi connectivity index (χ0v) is 19.5. The number of imidazole rings is 1. The molecule has 0 aliphatic carbocycles. The van der Waals surface area contributed by atoms with Gasteiger partial charge >= 0.3 is 0 Å². The summed E-state index contributed by atoms with van der Waals surface area (Å²) < 4.78 is 35.4. The predicted octanol–water partition coefficient (Wildman–Crippen LogP) is 2.89. The third-order valence-electron chi connectivity index (χ3n) is 6.38. The summed E-state index contributed by atoms with van der Waals surface area (Å²) >= 11 is 0. The van der Waals surface area contributed by atoms with Crippen molar-refractivity contribution in [3.63, 3.8) is 0 Å². The molecule has 0 unspecified atom stereocenters. The molecular weight excluding hydrogens is 440 g/mol. The first-order valence-electron chi connectivity index (χ1n) is 11.0. The number of rotatable bonds is 3. The molecule has 172 valence electrons. The highest BCUT2D eigenvalue weighted by molar-refractivity contribution is 7.89. The lowest BCUT2D eigenvalue weighted by Gasteiger charge is -2.31. The van der Waals surface area contributed by atoms with Crippen LogP contribution in [0.15, 0.2) is 59.8 Å². The van der Waals surface area contributed by atoms with Crippen LogP contribution in [0.4, 0.5) is 0 Å². The van der Waals surface area contributed by atoms with Gasteiger partial charge in [-0.05, 0) is 25.5 Å². The number of fused-ring (bicyclic) bond motifs is 2. The molecule has 1 fully saturated rings. The monoisotopic (exact) mass is 466 g/mol. The summed E-state index contributed by atoms with van der Waals surface area (Å²) in [5.74, 6) is 1.48. The van der Waals surface area contributed by atoms with Gasteiger partial charge in [-0.15, -0.1) is 0 Å². The van der Waals surface area contributed by atoms with Gasteiger partial charge in [0, 0.05) is 50.6 Å². The molecule has 0 radical (unpaired) electrons. The van der Waals surface area contributed by atoms with E-state index in [1.807, 2.05) is 48.5 Å². The van der Waals surface area contributed by atoms with E-state index >= 15 is 0 Å². The van der Waals surface area contributed by atoms with E-state index in [2.05, 4.69) is 4.98 Å². The Hall–Kier alpha value is -3.17. The molecule has 5 rings (SSSR count). The van der Waals surface area contributed by atoms with Gasteiger partial charge in [-0.3, -0.25) is 4.79 Å². The van der Waals surface area contributed by atoms with Crippen molar-refractivity contribution in [3.8, 4) is 11.5 Å². The van der Waals surface area contributed by atoms with Gasteiger partial charge in [-0.1, -0.05) is 36.4 Å². The van der Waals surface area contributed by atoms with Crippen LogP contribution in [0.1, 0.15) is 29.3 Å². The summed E-state index contributed by atoms with van der Waals surface area (Å²) in [5.41, 5.74) is 1.66. The molecule has 8 nitrogen and oxygen atoms in total. The molecule has 33 heavy (non-hydrogen) atoms. The lowest BCUT2D eigenvalue weighted by molar-refractivity contribution is -0.131. The molecule has 2 aromatic carbocycles. The zero-order chi connectivity index (χ0) is 23.2. The molecule has 1 aromatic heterocycles. The van der Waals surface area contributed by atoms with Gasteiger partial charge in [0.15, 0.2) is 5.03 Å². The van der Waals surface area contributed by atoms with E-state index in [1.54, 1.807) is 23.4 Å². The second-order valence-electron chi connectivity index (χ2n) is 8.43. The van der Waals surface area contributed by atoms with Gasteiger partial charge in [0.2, 0.25) is 5.91 Å². The Morgan fingerprint density at radius 3 is 2.21 bits per heavy atom. The Morgan fingerprint density at radius 1 is 0.970 bits per heavy atom. The molecule has 0 saturated carbocycles. The van der Waals surface area contributed by atoms with Gasteiger partial charge in [-0.25, -0.2) is 13.4 Å². The van der Waals surface area contributed by atoms with Crippen LogP contribution in [-0.2, 0) is 21.9 Å². The van der Waals surface area contributed by atoms with Crippen molar-refractivity contribution in [1.82, 2.24) is 18.8 Å². The molecule has 9 heteroatoms. The van der Waals surface area contributed by atoms with E-state index in [4.69, 9.17) is 4.74 Å². The Morgan fingerprint density at radius 2 is 1.61 bits per heavy atom. The first-order valence-corrected chi connectivity index (χ1v) is 12.4. The van der Waals surface area contributed by atoms with Crippen LogP contribution in [-0.4, -0.2) is 59.3 Å². The third-order valence-corrected chi connectivity index (χ3v) is 8.15. The number of para-hydroxylation sites is 2. The van der Waals surface area contributed by atoms with Crippen LogP contribution >= 0.6 is 0 Å². The summed E-state index contributed by atoms with van der Waals surface area (Å²) in [6.45, 7) is 3.17. The summed E-state index contributed by atoms with van der Waals surface area (Å²) in [4.78, 5) is 19.8. The number of carbonyl (C=O) groups excluding carboxylic acids is 1. The van der Waals surface area contributed by atoms with Crippen LogP contribution in [0, 0.1) is 6.92 Å². The summed E-state index contributed by atoms with van der Waals surface area (Å²) in [5, 5.41) is 0.0505. The average molecular weight is 467 g/mol. The smallest absolute Gasteiger partial charge is 0.262 e. The fourth-order valence-electron chi connectivity index (χ4n) is 4.50. The number of aryl methyl sites for hydroxylation is 2. The Bertz CT molecular complexity index is 1250. The largest absolute Gasteiger partial charge is 0.457 e. The fraction of sp³-hybridized carbons (Fsp3) is 0.333. The summed E-state index contributed by atoms with van der Waals surface area (Å²) in [7, 11) is -1.94. The number of benzene rings is 2. The van der Waals surface area contributed by atoms with Crippen molar-refractivity contribution in [2.75, 3.05) is 26.2 Å². The number of carbonyl (C=O) groups is 1. The molecule has 1 amide bonds. The Labute approximate surface area is 193 Å². The minimum Gasteiger partial charge on any atom is -0.457 e. The van der Waals surface area contributed by atoms with Crippen molar-refractivity contribution < 1.29 is 17.9 Å². The highest BCUT2D eigenvalue weighted by atomic mass is 32.2. The predicted molar refractivity (Wildman–Crippen MR) is 123 cm³/mol. The quantitative estimate of drug-likeness (QED) is 0.593. The molecule has 1 saturated heterocycles. The van der Waals surface area contributed by atoms with Crippen LogP contribution in [0.2, 0.25) is 0 Å². The number of nitrogens with zero attached hydrogens (tertiary/aromatic N) is 4. The molecule has 0 atom stereocenters. The van der Waals surface area contributed by atoms with Gasteiger partial charge in [0.25, 0.3) is 10.0 Å². The van der Waals surface area contributed by atoms with Crippen molar-refractivity contribution in [2.24, 2.45) is 7.05 Å². The number of hydrogen-bond acceptors (Lipinski definition) is 5. The lowest BCUT2D eigenvalue weighted by atomic mass is 9.87. The number of amides is 1. The van der Waals surface area contributed by atoms with E-state index in [0.717, 1.165) is 11.1 Å². The normalized spacial score (nSPS) is 17.1. The first kappa shape index (κ1) is 21.7. The Balaban J connectivity index is 1.40. The number of ether oxygens (including phenoxy) is 1. The topological polar surface area (TPSA) is 84.7 Å². The highest BCUT2D eigenvalue weighted by Crippen LogP contribution is 2.44. The van der Waals surface area contributed by atoms with E-state index < -0.39 is 15.9 Å². The number of sulfonamides is 1. The molecule has 0 N–H and O–H groups in total. The van der Waals surface area contributed by atoms with E-state index in [0.29, 0.717) is 43.4 Å². The minimum atomic E-state index is -3.71. The maximum atomic E-state index is 13.8. The Kier molecular flexibility index (Phi) is 5.46. The second kappa shape index (κ2) is 8.31. The van der Waals surface area contributed by atoms with Crippen molar-refractivity contribution in [3.05, 3.63) is 71.7 Å². The SMILES string of the molecule is Cc1nc(S(=O)(=O)N2CCCN(C(=O)C3c4ccccc4Oc4ccccc43)CC2)cn1C. The van der Waals surface area contributed by atoms with Gasteiger partial charge in [0.05, 0.1) is 5.92 Å². The second-order valence-corrected chi connectivity index (χ2v) is 10.3. The van der Waals surface area contributed by atoms with Gasteiger partial charge < -0.3 is 14.2 Å². The molecule has 2 aliphatic rings. The maximum Gasteiger partial charge on any atom is 0.262 e. The van der Waals surface area contributed by atoms with E-state index in [-0.39, 0.29) is 17.5 Å². The molecule has 2 aliphatic heterocycles. The van der Waals surface area contributed by atoms with Crippen molar-refractivity contribution in [1.29, 1.82) is 0 Å². The average Bonchev–Trinajstić information content (AvgIpc) is 3.01. The number of aromatic nitrogens is 2. The molecular formula is C24H26N4O4S. The zero-order valence-electron chi connectivity index (χ0n) is 18.6. The maximum absolute atomic E-state index is 13.8. The molecule has 0 bridgehead atoms.